The Labute approximate surface area is 97.6 Å². The quantitative estimate of drug-likeness (QED) is 0.744. The number of nitrogens with one attached hydrogen (secondary N) is 1. The van der Waals surface area contributed by atoms with E-state index in [1.807, 2.05) is 6.92 Å². The summed E-state index contributed by atoms with van der Waals surface area (Å²) in [5.74, 6) is 0. The van der Waals surface area contributed by atoms with E-state index in [2.05, 4.69) is 4.72 Å². The van der Waals surface area contributed by atoms with Crippen LogP contribution in [0.4, 0.5) is 0 Å². The minimum atomic E-state index is -3.28. The molecule has 0 spiro atoms. The first kappa shape index (κ1) is 12.3. The van der Waals surface area contributed by atoms with Gasteiger partial charge in [-0.15, -0.1) is 0 Å². The number of piperidine rings is 1. The molecule has 2 fully saturated rings. The normalized spacial score (nSPS) is 35.5. The van der Waals surface area contributed by atoms with Gasteiger partial charge in [-0.2, -0.15) is 12.7 Å². The Bertz CT molecular complexity index is 330. The van der Waals surface area contributed by atoms with E-state index < -0.39 is 10.2 Å². The van der Waals surface area contributed by atoms with E-state index in [9.17, 15) is 8.42 Å². The van der Waals surface area contributed by atoms with Crippen molar-refractivity contribution in [3.8, 4) is 0 Å². The van der Waals surface area contributed by atoms with Crippen LogP contribution in [0.25, 0.3) is 0 Å². The molecule has 94 valence electrons. The smallest absolute Gasteiger partial charge is 0.279 e. The molecule has 2 aliphatic heterocycles. The fraction of sp³-hybridized carbons (Fsp3) is 1.00. The van der Waals surface area contributed by atoms with Crippen molar-refractivity contribution >= 4 is 10.2 Å². The van der Waals surface area contributed by atoms with Gasteiger partial charge in [-0.25, -0.2) is 4.72 Å². The zero-order chi connectivity index (χ0) is 11.8. The molecule has 0 aliphatic carbocycles. The van der Waals surface area contributed by atoms with E-state index in [0.717, 1.165) is 32.1 Å². The van der Waals surface area contributed by atoms with Gasteiger partial charge in [0.1, 0.15) is 0 Å². The molecule has 2 unspecified atom stereocenters. The Morgan fingerprint density at radius 2 is 1.88 bits per heavy atom. The zero-order valence-electron chi connectivity index (χ0n) is 9.72. The fourth-order valence-electron chi connectivity index (χ4n) is 2.87. The van der Waals surface area contributed by atoms with Crippen LogP contribution in [0.5, 0.6) is 0 Å². The van der Waals surface area contributed by atoms with E-state index in [-0.39, 0.29) is 18.1 Å². The number of fused-ring (bicyclic) bond motifs is 2. The van der Waals surface area contributed by atoms with Gasteiger partial charge in [0.15, 0.2) is 0 Å². The van der Waals surface area contributed by atoms with E-state index in [1.165, 1.54) is 0 Å². The third-order valence-corrected chi connectivity index (χ3v) is 5.23. The first-order chi connectivity index (χ1) is 7.54. The van der Waals surface area contributed by atoms with Crippen LogP contribution in [0.2, 0.25) is 0 Å². The van der Waals surface area contributed by atoms with E-state index in [0.29, 0.717) is 6.54 Å². The predicted octanol–water partition coefficient (Wildman–Crippen LogP) is 0.185. The molecular weight excluding hydrogens is 226 g/mol. The molecule has 0 amide bonds. The summed E-state index contributed by atoms with van der Waals surface area (Å²) in [7, 11) is -3.28. The molecule has 0 aromatic heterocycles. The lowest BCUT2D eigenvalue weighted by Crippen LogP contribution is -2.53. The van der Waals surface area contributed by atoms with Gasteiger partial charge < -0.3 is 5.73 Å². The van der Waals surface area contributed by atoms with E-state index >= 15 is 0 Å². The third-order valence-electron chi connectivity index (χ3n) is 3.51. The van der Waals surface area contributed by atoms with Gasteiger partial charge in [-0.05, 0) is 32.1 Å². The molecule has 2 bridgehead atoms. The summed E-state index contributed by atoms with van der Waals surface area (Å²) in [6, 6.07) is 0.432. The van der Waals surface area contributed by atoms with Gasteiger partial charge in [-0.3, -0.25) is 0 Å². The van der Waals surface area contributed by atoms with Crippen LogP contribution in [-0.4, -0.2) is 37.4 Å². The molecule has 2 rings (SSSR count). The van der Waals surface area contributed by atoms with Crippen LogP contribution >= 0.6 is 0 Å². The molecule has 6 heteroatoms. The molecule has 2 saturated heterocycles. The summed E-state index contributed by atoms with van der Waals surface area (Å²) in [6.45, 7) is 2.48. The molecule has 0 saturated carbocycles. The second kappa shape index (κ2) is 4.60. The summed E-state index contributed by atoms with van der Waals surface area (Å²) >= 11 is 0. The van der Waals surface area contributed by atoms with Gasteiger partial charge in [0.25, 0.3) is 10.2 Å². The largest absolute Gasteiger partial charge is 0.328 e. The van der Waals surface area contributed by atoms with Crippen molar-refractivity contribution in [1.82, 2.24) is 9.03 Å². The van der Waals surface area contributed by atoms with Crippen molar-refractivity contribution in [1.29, 1.82) is 0 Å². The molecule has 5 nitrogen and oxygen atoms in total. The highest BCUT2D eigenvalue weighted by Gasteiger charge is 2.45. The minimum absolute atomic E-state index is 0.128. The van der Waals surface area contributed by atoms with Gasteiger partial charge >= 0.3 is 0 Å². The van der Waals surface area contributed by atoms with Crippen LogP contribution < -0.4 is 10.5 Å². The Morgan fingerprint density at radius 3 is 2.38 bits per heavy atom. The van der Waals surface area contributed by atoms with Gasteiger partial charge in [-0.1, -0.05) is 6.92 Å². The molecule has 16 heavy (non-hydrogen) atoms. The molecule has 2 atom stereocenters. The average molecular weight is 247 g/mol. The van der Waals surface area contributed by atoms with Gasteiger partial charge in [0.05, 0.1) is 0 Å². The highest BCUT2D eigenvalue weighted by atomic mass is 32.2. The van der Waals surface area contributed by atoms with E-state index in [4.69, 9.17) is 5.73 Å². The maximum Gasteiger partial charge on any atom is 0.279 e. The lowest BCUT2D eigenvalue weighted by Gasteiger charge is -2.36. The Hall–Kier alpha value is -0.170. The number of hydrogen-bond acceptors (Lipinski definition) is 3. The molecule has 0 aromatic rings. The molecule has 2 heterocycles. The highest BCUT2D eigenvalue weighted by molar-refractivity contribution is 7.87. The van der Waals surface area contributed by atoms with Crippen molar-refractivity contribution in [3.63, 3.8) is 0 Å². The lowest BCUT2D eigenvalue weighted by molar-refractivity contribution is 0.224. The van der Waals surface area contributed by atoms with Gasteiger partial charge in [0, 0.05) is 24.7 Å². The minimum Gasteiger partial charge on any atom is -0.328 e. The van der Waals surface area contributed by atoms with E-state index in [1.54, 1.807) is 4.31 Å². The Morgan fingerprint density at radius 1 is 1.31 bits per heavy atom. The lowest BCUT2D eigenvalue weighted by atomic mass is 10.0. The number of nitrogens with zero attached hydrogens (tertiary/aromatic N) is 1. The van der Waals surface area contributed by atoms with Crippen LogP contribution in [0, 0.1) is 0 Å². The average Bonchev–Trinajstić information content (AvgIpc) is 2.50. The second-order valence-electron chi connectivity index (χ2n) is 4.85. The fourth-order valence-corrected chi connectivity index (χ4v) is 4.65. The Balaban J connectivity index is 2.10. The van der Waals surface area contributed by atoms with Crippen LogP contribution in [0.1, 0.15) is 39.0 Å². The molecule has 0 radical (unpaired) electrons. The van der Waals surface area contributed by atoms with Crippen molar-refractivity contribution in [2.24, 2.45) is 5.73 Å². The molecule has 3 N–H and O–H groups in total. The highest BCUT2D eigenvalue weighted by Crippen LogP contribution is 2.36. The maximum atomic E-state index is 12.1. The first-order valence-corrected chi connectivity index (χ1v) is 7.52. The van der Waals surface area contributed by atoms with Crippen molar-refractivity contribution < 1.29 is 8.42 Å². The summed E-state index contributed by atoms with van der Waals surface area (Å²) in [5.41, 5.74) is 5.92. The number of hydrogen-bond donors (Lipinski definition) is 2. The monoisotopic (exact) mass is 247 g/mol. The Kier molecular flexibility index (Phi) is 3.53. The van der Waals surface area contributed by atoms with Crippen molar-refractivity contribution in [2.45, 2.75) is 57.2 Å². The SMILES string of the molecule is CCCNS(=O)(=O)N1C2CCC1CC(N)C2. The van der Waals surface area contributed by atoms with Crippen molar-refractivity contribution in [3.05, 3.63) is 0 Å². The van der Waals surface area contributed by atoms with Crippen LogP contribution in [0.15, 0.2) is 0 Å². The summed E-state index contributed by atoms with van der Waals surface area (Å²) < 4.78 is 28.5. The van der Waals surface area contributed by atoms with Crippen LogP contribution in [-0.2, 0) is 10.2 Å². The molecular formula is C10H21N3O2S. The number of nitrogens with two attached hydrogens (primary N) is 1. The van der Waals surface area contributed by atoms with Crippen molar-refractivity contribution in [2.75, 3.05) is 6.54 Å². The van der Waals surface area contributed by atoms with Gasteiger partial charge in [0.2, 0.25) is 0 Å². The zero-order valence-corrected chi connectivity index (χ0v) is 10.5. The summed E-state index contributed by atoms with van der Waals surface area (Å²) in [5, 5.41) is 0. The second-order valence-corrected chi connectivity index (χ2v) is 6.51. The van der Waals surface area contributed by atoms with Crippen LogP contribution in [0.3, 0.4) is 0 Å². The predicted molar refractivity (Wildman–Crippen MR) is 63.1 cm³/mol. The molecule has 0 aromatic carbocycles. The summed E-state index contributed by atoms with van der Waals surface area (Å²) in [6.07, 6.45) is 4.37. The topological polar surface area (TPSA) is 75.4 Å². The first-order valence-electron chi connectivity index (χ1n) is 6.08. The summed E-state index contributed by atoms with van der Waals surface area (Å²) in [4.78, 5) is 0. The maximum absolute atomic E-state index is 12.1. The molecule has 2 aliphatic rings. The third kappa shape index (κ3) is 2.25. The number of rotatable bonds is 4. The standard InChI is InChI=1S/C10H21N3O2S/c1-2-5-12-16(14,15)13-9-3-4-10(13)7-8(11)6-9/h8-10,12H,2-7,11H2,1H3.